The molecule has 0 aliphatic carbocycles. The van der Waals surface area contributed by atoms with Crippen molar-refractivity contribution >= 4 is 41.9 Å². The van der Waals surface area contributed by atoms with Crippen LogP contribution in [0.1, 0.15) is 0 Å². The molecule has 0 aliphatic heterocycles. The molecule has 0 saturated carbocycles. The Morgan fingerprint density at radius 2 is 1.30 bits per heavy atom. The quantitative estimate of drug-likeness (QED) is 0.314. The van der Waals surface area contributed by atoms with Crippen LogP contribution in [0.25, 0.3) is 0 Å². The molecule has 0 aromatic carbocycles. The van der Waals surface area contributed by atoms with E-state index in [0.717, 1.165) is 0 Å². The van der Waals surface area contributed by atoms with Crippen molar-refractivity contribution in [1.29, 1.82) is 0 Å². The summed E-state index contributed by atoms with van der Waals surface area (Å²) in [7, 11) is -4.81. The fourth-order valence-electron chi connectivity index (χ4n) is 0. The zero-order valence-electron chi connectivity index (χ0n) is 4.94. The normalized spacial score (nSPS) is 6.30. The van der Waals surface area contributed by atoms with E-state index < -0.39 is 7.82 Å². The Morgan fingerprint density at radius 1 is 1.30 bits per heavy atom. The average Bonchev–Trinajstić information content (AvgIpc) is 1.36. The molecule has 0 aromatic heterocycles. The van der Waals surface area contributed by atoms with Crippen LogP contribution in [0.2, 0.25) is 0 Å². The van der Waals surface area contributed by atoms with Crippen LogP contribution in [0.5, 0.6) is 0 Å². The van der Waals surface area contributed by atoms with E-state index in [1.54, 1.807) is 0 Å². The van der Waals surface area contributed by atoms with Crippen molar-refractivity contribution in [2.45, 2.75) is 0 Å². The number of hydrogen-bond acceptors (Lipinski definition) is 4. The van der Waals surface area contributed by atoms with Gasteiger partial charge in [0.15, 0.2) is 11.6 Å². The van der Waals surface area contributed by atoms with Gasteiger partial charge in [0.1, 0.15) is 0 Å². The van der Waals surface area contributed by atoms with Gasteiger partial charge in [0.05, 0.1) is 7.82 Å². The molecule has 0 atom stereocenters. The van der Waals surface area contributed by atoms with Gasteiger partial charge in [0.25, 0.3) is 8.95 Å². The smallest absolute Gasteiger partial charge is 1.00 e. The van der Waals surface area contributed by atoms with Gasteiger partial charge in [-0.3, -0.25) is 0 Å². The molecule has 52 valence electrons. The minimum absolute atomic E-state index is 0. The van der Waals surface area contributed by atoms with Crippen molar-refractivity contribution in [2.75, 3.05) is 0 Å². The molecule has 0 spiro atoms. The average molecular weight is 206 g/mol. The van der Waals surface area contributed by atoms with Gasteiger partial charge in [0, 0.05) is 0 Å². The maximum absolute atomic E-state index is 8.66. The maximum Gasteiger partial charge on any atom is 1.00 e. The van der Waals surface area contributed by atoms with Crippen LogP contribution in [-0.4, -0.2) is 13.8 Å². The molecule has 0 rings (SSSR count). The van der Waals surface area contributed by atoms with Gasteiger partial charge in [-0.25, -0.2) is 0 Å². The molecule has 0 bridgehead atoms. The van der Waals surface area contributed by atoms with Crippen LogP contribution in [0.3, 0.4) is 0 Å². The van der Waals surface area contributed by atoms with Crippen molar-refractivity contribution in [3.05, 3.63) is 0 Å². The van der Waals surface area contributed by atoms with E-state index in [9.17, 15) is 0 Å². The Bertz CT molecular complexity index is 77.1. The van der Waals surface area contributed by atoms with Crippen LogP contribution in [0.15, 0.2) is 0 Å². The van der Waals surface area contributed by atoms with Gasteiger partial charge in [-0.15, -0.1) is 0 Å². The monoisotopic (exact) mass is 206 g/mol. The molecular weight excluding hydrogens is 201 g/mol. The molecule has 0 aromatic rings. The topological polar surface area (TPSA) is 83.4 Å². The summed E-state index contributed by atoms with van der Waals surface area (Å²) in [5.74, 6) is 0. The third-order valence-electron chi connectivity index (χ3n) is 0. The van der Waals surface area contributed by atoms with Crippen molar-refractivity contribution in [2.24, 2.45) is 0 Å². The second-order valence-electron chi connectivity index (χ2n) is 0.469. The van der Waals surface area contributed by atoms with Crippen molar-refractivity contribution < 1.29 is 57.0 Å². The second-order valence-corrected chi connectivity index (χ2v) is 1.41. The fourth-order valence-corrected chi connectivity index (χ4v) is 0. The Morgan fingerprint density at radius 3 is 1.30 bits per heavy atom. The Hall–Kier alpha value is 2.09. The summed E-state index contributed by atoms with van der Waals surface area (Å²) in [6.07, 6.45) is 0. The molecule has 1 N–H and O–H groups in total. The van der Waals surface area contributed by atoms with Gasteiger partial charge in [0.2, 0.25) is 0 Å². The van der Waals surface area contributed by atoms with E-state index in [1.165, 1.54) is 0 Å². The van der Waals surface area contributed by atoms with Crippen LogP contribution in [-0.2, 0) is 18.1 Å². The molecule has 0 radical (unpaired) electrons. The van der Waals surface area contributed by atoms with E-state index in [2.05, 4.69) is 11.6 Å². The molecule has 4 nitrogen and oxygen atoms in total. The van der Waals surface area contributed by atoms with Crippen LogP contribution in [0.4, 0.5) is 0 Å². The Labute approximate surface area is 98.2 Å². The molecule has 0 fully saturated rings. The van der Waals surface area contributed by atoms with E-state index in [0.29, 0.717) is 8.95 Å². The predicted octanol–water partition coefficient (Wildman–Crippen LogP) is -8.99. The van der Waals surface area contributed by atoms with Crippen molar-refractivity contribution in [1.82, 2.24) is 0 Å². The summed E-state index contributed by atoms with van der Waals surface area (Å²) < 4.78 is 8.66. The molecule has 10 heavy (non-hydrogen) atoms. The maximum atomic E-state index is 8.66. The molecule has 0 heterocycles. The Balaban J connectivity index is -0.0000000154. The summed E-state index contributed by atoms with van der Waals surface area (Å²) in [6.45, 7) is 0. The Kier molecular flexibility index (Phi) is 51.0. The zero-order valence-corrected chi connectivity index (χ0v) is 7.46. The van der Waals surface area contributed by atoms with E-state index in [4.69, 9.17) is 19.2 Å². The third kappa shape index (κ3) is 191. The van der Waals surface area contributed by atoms with Gasteiger partial charge < -0.3 is 32.7 Å². The predicted molar refractivity (Wildman–Crippen MR) is 36.1 cm³/mol. The largest absolute Gasteiger partial charge is 2.00 e. The standard InChI is InChI=1S/2Li.H3O4P.H4SSi.S/c;;1-5(2,3)4;1-2;/h;;(H3,1,2,3,4);2H4;/q2*+1;;+2;-2/p-2. The first kappa shape index (κ1) is 29.6. The molecular formula is H5Li2O4PS2Si. The third-order valence-corrected chi connectivity index (χ3v) is 0. The first-order valence-corrected chi connectivity index (χ1v) is 2.24. The molecule has 0 amide bonds. The number of rotatable bonds is 0. The SMILES string of the molecule is O=P([O-])([O-])O.[Li+].[Li+].[S-2].[SiH4+2]=S. The summed E-state index contributed by atoms with van der Waals surface area (Å²) in [5, 5.41) is 0. The molecule has 0 aliphatic rings. The zero-order chi connectivity index (χ0) is 6.50. The summed E-state index contributed by atoms with van der Waals surface area (Å²) in [5.41, 5.74) is 0. The van der Waals surface area contributed by atoms with E-state index in [-0.39, 0.29) is 51.2 Å². The minimum atomic E-state index is -5.14. The van der Waals surface area contributed by atoms with Crippen LogP contribution in [0, 0.1) is 0 Å². The van der Waals surface area contributed by atoms with Crippen LogP contribution < -0.4 is 47.5 Å². The van der Waals surface area contributed by atoms with Gasteiger partial charge in [-0.2, -0.15) is 0 Å². The molecule has 10 heteroatoms. The molecule has 0 saturated heterocycles. The van der Waals surface area contributed by atoms with E-state index in [1.807, 2.05) is 0 Å². The second kappa shape index (κ2) is 17.3. The van der Waals surface area contributed by atoms with Gasteiger partial charge >= 0.3 is 37.7 Å². The summed E-state index contributed by atoms with van der Waals surface area (Å²) >= 11 is 4.33. The van der Waals surface area contributed by atoms with Crippen molar-refractivity contribution in [3.63, 3.8) is 0 Å². The number of hydrogen-bond donors (Lipinski definition) is 1. The first-order chi connectivity index (χ1) is 3.00. The van der Waals surface area contributed by atoms with Crippen LogP contribution >= 0.6 is 19.4 Å². The summed E-state index contributed by atoms with van der Waals surface area (Å²) in [6, 6.07) is 0. The van der Waals surface area contributed by atoms with Gasteiger partial charge in [-0.1, -0.05) is 0 Å². The first-order valence-electron chi connectivity index (χ1n) is 0.748. The van der Waals surface area contributed by atoms with Crippen molar-refractivity contribution in [3.8, 4) is 0 Å². The fraction of sp³-hybridized carbons (Fsp3) is 0. The van der Waals surface area contributed by atoms with Gasteiger partial charge in [-0.05, 0) is 0 Å². The number of phosphoric acid groups is 1. The van der Waals surface area contributed by atoms with E-state index >= 15 is 0 Å². The minimum Gasteiger partial charge on any atom is -2.00 e. The summed E-state index contributed by atoms with van der Waals surface area (Å²) in [4.78, 5) is 24.3. The molecule has 0 unspecified atom stereocenters.